The van der Waals surface area contributed by atoms with Gasteiger partial charge >= 0.3 is 0 Å². The van der Waals surface area contributed by atoms with Crippen LogP contribution in [-0.2, 0) is 13.0 Å². The van der Waals surface area contributed by atoms with Crippen LogP contribution in [0.25, 0.3) is 11.3 Å². The van der Waals surface area contributed by atoms with Crippen molar-refractivity contribution >= 4 is 28.8 Å². The molecule has 0 saturated carbocycles. The molecule has 0 aliphatic rings. The number of carbonyl (C=O) groups is 1. The van der Waals surface area contributed by atoms with Gasteiger partial charge < -0.3 is 9.30 Å². The summed E-state index contributed by atoms with van der Waals surface area (Å²) in [6.45, 7) is 4.95. The lowest BCUT2D eigenvalue weighted by Gasteiger charge is -2.09. The van der Waals surface area contributed by atoms with Gasteiger partial charge in [0.15, 0.2) is 4.80 Å². The number of hydrogen-bond acceptors (Lipinski definition) is 3. The van der Waals surface area contributed by atoms with E-state index in [0.717, 1.165) is 35.4 Å². The maximum absolute atomic E-state index is 12.7. The number of halogens is 1. The van der Waals surface area contributed by atoms with Crippen LogP contribution in [0.5, 0.6) is 5.75 Å². The maximum atomic E-state index is 12.7. The normalized spacial score (nSPS) is 11.6. The summed E-state index contributed by atoms with van der Waals surface area (Å²) in [6.07, 6.45) is 1.96. The van der Waals surface area contributed by atoms with Crippen LogP contribution in [0.15, 0.2) is 53.5 Å². The van der Waals surface area contributed by atoms with Crippen LogP contribution in [0, 0.1) is 0 Å². The van der Waals surface area contributed by atoms with E-state index in [1.807, 2.05) is 24.3 Å². The lowest BCUT2D eigenvalue weighted by molar-refractivity contribution is 0.0998. The Hall–Kier alpha value is -2.37. The zero-order valence-corrected chi connectivity index (χ0v) is 17.8. The van der Waals surface area contributed by atoms with E-state index in [9.17, 15) is 4.79 Å². The molecule has 0 aliphatic carbocycles. The first-order valence-corrected chi connectivity index (χ1v) is 10.5. The molecule has 0 spiro atoms. The number of amides is 1. The van der Waals surface area contributed by atoms with Crippen LogP contribution < -0.4 is 9.54 Å². The third kappa shape index (κ3) is 4.37. The first kappa shape index (κ1) is 20.4. The maximum Gasteiger partial charge on any atom is 0.279 e. The van der Waals surface area contributed by atoms with Gasteiger partial charge in [0, 0.05) is 22.0 Å². The molecule has 3 rings (SSSR count). The predicted molar refractivity (Wildman–Crippen MR) is 115 cm³/mol. The Labute approximate surface area is 174 Å². The number of benzene rings is 2. The van der Waals surface area contributed by atoms with Crippen molar-refractivity contribution in [2.75, 3.05) is 7.11 Å². The van der Waals surface area contributed by atoms with Crippen molar-refractivity contribution in [3.8, 4) is 17.0 Å². The summed E-state index contributed by atoms with van der Waals surface area (Å²) < 4.78 is 7.27. The van der Waals surface area contributed by atoms with Crippen molar-refractivity contribution in [1.29, 1.82) is 0 Å². The van der Waals surface area contributed by atoms with Crippen LogP contribution in [-0.4, -0.2) is 17.6 Å². The van der Waals surface area contributed by atoms with E-state index < -0.39 is 0 Å². The number of hydrogen-bond donors (Lipinski definition) is 0. The Bertz CT molecular complexity index is 1020. The van der Waals surface area contributed by atoms with E-state index in [-0.39, 0.29) is 5.91 Å². The minimum absolute atomic E-state index is 0.253. The molecular formula is C22H23ClN2O2S. The fourth-order valence-electron chi connectivity index (χ4n) is 3.04. The van der Waals surface area contributed by atoms with E-state index in [4.69, 9.17) is 16.3 Å². The third-order valence-electron chi connectivity index (χ3n) is 4.42. The molecule has 0 bridgehead atoms. The summed E-state index contributed by atoms with van der Waals surface area (Å²) in [5.41, 5.74) is 2.75. The molecule has 0 aliphatic heterocycles. The SMILES string of the molecule is CCCc1sc(=NC(=O)c2ccc(OC)cc2)n(CC)c1-c1ccc(Cl)cc1. The van der Waals surface area contributed by atoms with Crippen molar-refractivity contribution in [3.05, 3.63) is 68.8 Å². The quantitative estimate of drug-likeness (QED) is 0.527. The average Bonchev–Trinajstić information content (AvgIpc) is 3.05. The second kappa shape index (κ2) is 9.22. The van der Waals surface area contributed by atoms with Crippen LogP contribution in [0.1, 0.15) is 35.5 Å². The number of aromatic nitrogens is 1. The zero-order chi connectivity index (χ0) is 20.1. The lowest BCUT2D eigenvalue weighted by atomic mass is 10.1. The van der Waals surface area contributed by atoms with Gasteiger partial charge in [0.2, 0.25) is 0 Å². The number of thiazole rings is 1. The highest BCUT2D eigenvalue weighted by Crippen LogP contribution is 2.28. The number of aryl methyl sites for hydroxylation is 1. The number of nitrogens with zero attached hydrogens (tertiary/aromatic N) is 2. The largest absolute Gasteiger partial charge is 0.497 e. The van der Waals surface area contributed by atoms with Gasteiger partial charge in [-0.15, -0.1) is 11.3 Å². The number of rotatable bonds is 6. The molecule has 1 amide bonds. The van der Waals surface area contributed by atoms with E-state index >= 15 is 0 Å². The minimum atomic E-state index is -0.253. The topological polar surface area (TPSA) is 43.6 Å². The molecule has 2 aromatic carbocycles. The summed E-state index contributed by atoms with van der Waals surface area (Å²) >= 11 is 7.64. The Morgan fingerprint density at radius 2 is 1.79 bits per heavy atom. The van der Waals surface area contributed by atoms with Crippen LogP contribution in [0.2, 0.25) is 5.02 Å². The Morgan fingerprint density at radius 1 is 1.11 bits per heavy atom. The Morgan fingerprint density at radius 3 is 2.36 bits per heavy atom. The highest BCUT2D eigenvalue weighted by Gasteiger charge is 2.15. The molecule has 0 fully saturated rings. The first-order chi connectivity index (χ1) is 13.6. The second-order valence-corrected chi connectivity index (χ2v) is 7.80. The standard InChI is InChI=1S/C22H23ClN2O2S/c1-4-6-19-20(15-7-11-17(23)12-8-15)25(5-2)22(28-19)24-21(26)16-9-13-18(27-3)14-10-16/h7-14H,4-6H2,1-3H3. The van der Waals surface area contributed by atoms with Gasteiger partial charge in [0.1, 0.15) is 5.75 Å². The fourth-order valence-corrected chi connectivity index (χ4v) is 4.48. The first-order valence-electron chi connectivity index (χ1n) is 9.28. The van der Waals surface area contributed by atoms with Crippen molar-refractivity contribution < 1.29 is 9.53 Å². The number of ether oxygens (including phenoxy) is 1. The summed E-state index contributed by atoms with van der Waals surface area (Å²) in [7, 11) is 1.60. The molecule has 3 aromatic rings. The van der Waals surface area contributed by atoms with Crippen LogP contribution >= 0.6 is 22.9 Å². The molecule has 0 radical (unpaired) electrons. The van der Waals surface area contributed by atoms with Crippen molar-refractivity contribution in [3.63, 3.8) is 0 Å². The minimum Gasteiger partial charge on any atom is -0.497 e. The van der Waals surface area contributed by atoms with Gasteiger partial charge in [0.05, 0.1) is 12.8 Å². The van der Waals surface area contributed by atoms with Gasteiger partial charge in [-0.05, 0) is 55.3 Å². The molecule has 1 heterocycles. The van der Waals surface area contributed by atoms with E-state index in [1.165, 1.54) is 4.88 Å². The van der Waals surface area contributed by atoms with Gasteiger partial charge in [-0.3, -0.25) is 4.79 Å². The smallest absolute Gasteiger partial charge is 0.279 e. The third-order valence-corrected chi connectivity index (χ3v) is 5.81. The van der Waals surface area contributed by atoms with Gasteiger partial charge in [-0.1, -0.05) is 37.1 Å². The molecule has 0 saturated heterocycles. The van der Waals surface area contributed by atoms with E-state index in [1.54, 1.807) is 42.7 Å². The highest BCUT2D eigenvalue weighted by molar-refractivity contribution is 7.09. The lowest BCUT2D eigenvalue weighted by Crippen LogP contribution is -2.17. The van der Waals surface area contributed by atoms with Crippen molar-refractivity contribution in [1.82, 2.24) is 4.57 Å². The average molecular weight is 415 g/mol. The molecule has 0 atom stereocenters. The summed E-state index contributed by atoms with van der Waals surface area (Å²) in [5.74, 6) is 0.461. The summed E-state index contributed by atoms with van der Waals surface area (Å²) in [6, 6.07) is 14.8. The van der Waals surface area contributed by atoms with Crippen LogP contribution in [0.3, 0.4) is 0 Å². The van der Waals surface area contributed by atoms with Crippen molar-refractivity contribution in [2.24, 2.45) is 4.99 Å². The molecule has 4 nitrogen and oxygen atoms in total. The highest BCUT2D eigenvalue weighted by atomic mass is 35.5. The number of methoxy groups -OCH3 is 1. The van der Waals surface area contributed by atoms with E-state index in [0.29, 0.717) is 16.3 Å². The van der Waals surface area contributed by atoms with Gasteiger partial charge in [-0.2, -0.15) is 4.99 Å². The molecule has 0 unspecified atom stereocenters. The van der Waals surface area contributed by atoms with Gasteiger partial charge in [-0.25, -0.2) is 0 Å². The second-order valence-electron chi connectivity index (χ2n) is 6.30. The zero-order valence-electron chi connectivity index (χ0n) is 16.2. The monoisotopic (exact) mass is 414 g/mol. The fraction of sp³-hybridized carbons (Fsp3) is 0.273. The molecule has 1 aromatic heterocycles. The Kier molecular flexibility index (Phi) is 6.70. The number of carbonyl (C=O) groups excluding carboxylic acids is 1. The molecule has 0 N–H and O–H groups in total. The Balaban J connectivity index is 2.09. The predicted octanol–water partition coefficient (Wildman–Crippen LogP) is 5.59. The summed E-state index contributed by atoms with van der Waals surface area (Å²) in [5, 5.41) is 0.707. The molecule has 6 heteroatoms. The molecule has 28 heavy (non-hydrogen) atoms. The molecule has 146 valence electrons. The molecular weight excluding hydrogens is 392 g/mol. The van der Waals surface area contributed by atoms with E-state index in [2.05, 4.69) is 23.4 Å². The van der Waals surface area contributed by atoms with Crippen molar-refractivity contribution in [2.45, 2.75) is 33.2 Å². The van der Waals surface area contributed by atoms with Gasteiger partial charge in [0.25, 0.3) is 5.91 Å². The van der Waals surface area contributed by atoms with Crippen LogP contribution in [0.4, 0.5) is 0 Å². The summed E-state index contributed by atoms with van der Waals surface area (Å²) in [4.78, 5) is 19.1.